The Morgan fingerprint density at radius 2 is 1.91 bits per heavy atom. The Balaban J connectivity index is 1.38. The summed E-state index contributed by atoms with van der Waals surface area (Å²) in [6.45, 7) is 10.0. The second-order valence-electron chi connectivity index (χ2n) is 11.0. The number of benzene rings is 1. The van der Waals surface area contributed by atoms with Crippen LogP contribution in [0.4, 0.5) is 0 Å². The molecule has 1 aromatic carbocycles. The van der Waals surface area contributed by atoms with Crippen molar-refractivity contribution < 1.29 is 19.0 Å². The summed E-state index contributed by atoms with van der Waals surface area (Å²) in [6, 6.07) is 5.79. The molecule has 0 N–H and O–H groups in total. The average Bonchev–Trinajstić information content (AvgIpc) is 2.81. The van der Waals surface area contributed by atoms with Crippen LogP contribution in [-0.2, 0) is 9.47 Å². The number of hydrogen-bond acceptors (Lipinski definition) is 5. The number of carbonyl (C=O) groups excluding carboxylic acids is 1. The first kappa shape index (κ1) is 25.5. The second kappa shape index (κ2) is 11.4. The van der Waals surface area contributed by atoms with Crippen LogP contribution in [0.5, 0.6) is 5.75 Å². The van der Waals surface area contributed by atoms with Crippen molar-refractivity contribution in [3.63, 3.8) is 0 Å². The Morgan fingerprint density at radius 3 is 2.56 bits per heavy atom. The summed E-state index contributed by atoms with van der Waals surface area (Å²) in [6.07, 6.45) is 10.1. The maximum absolute atomic E-state index is 13.3. The minimum atomic E-state index is -0.169. The van der Waals surface area contributed by atoms with Crippen LogP contribution in [0.25, 0.3) is 0 Å². The molecule has 2 saturated heterocycles. The van der Waals surface area contributed by atoms with E-state index in [2.05, 4.69) is 4.90 Å². The van der Waals surface area contributed by atoms with Crippen LogP contribution in [0.2, 0.25) is 0 Å². The lowest BCUT2D eigenvalue weighted by molar-refractivity contribution is -0.190. The third-order valence-electron chi connectivity index (χ3n) is 7.77. The van der Waals surface area contributed by atoms with Gasteiger partial charge in [-0.15, -0.1) is 0 Å². The molecule has 190 valence electrons. The van der Waals surface area contributed by atoms with E-state index in [4.69, 9.17) is 14.2 Å². The fraction of sp³-hybridized carbons (Fsp3) is 0.750. The summed E-state index contributed by atoms with van der Waals surface area (Å²) in [7, 11) is 1.78. The number of hydrogen-bond donors (Lipinski definition) is 0. The van der Waals surface area contributed by atoms with Gasteiger partial charge in [0.05, 0.1) is 24.5 Å². The number of ether oxygens (including phenoxy) is 3. The predicted octanol–water partition coefficient (Wildman–Crippen LogP) is 5.03. The predicted molar refractivity (Wildman–Crippen MR) is 134 cm³/mol. The van der Waals surface area contributed by atoms with Gasteiger partial charge in [-0.3, -0.25) is 9.69 Å². The first-order valence-electron chi connectivity index (χ1n) is 13.3. The van der Waals surface area contributed by atoms with Gasteiger partial charge in [-0.2, -0.15) is 0 Å². The van der Waals surface area contributed by atoms with Gasteiger partial charge >= 0.3 is 0 Å². The topological polar surface area (TPSA) is 51.2 Å². The quantitative estimate of drug-likeness (QED) is 0.557. The monoisotopic (exact) mass is 472 g/mol. The summed E-state index contributed by atoms with van der Waals surface area (Å²) in [5, 5.41) is 0. The van der Waals surface area contributed by atoms with Crippen molar-refractivity contribution in [2.75, 3.05) is 40.0 Å². The highest BCUT2D eigenvalue weighted by molar-refractivity contribution is 5.94. The molecule has 3 fully saturated rings. The molecule has 2 aliphatic heterocycles. The molecule has 6 heteroatoms. The zero-order valence-electron chi connectivity index (χ0n) is 21.7. The number of methoxy groups -OCH3 is 1. The fourth-order valence-electron chi connectivity index (χ4n) is 6.13. The van der Waals surface area contributed by atoms with Crippen LogP contribution in [-0.4, -0.2) is 73.5 Å². The number of rotatable bonds is 7. The van der Waals surface area contributed by atoms with Crippen LogP contribution in [0.15, 0.2) is 18.2 Å². The normalized spacial score (nSPS) is 24.0. The van der Waals surface area contributed by atoms with E-state index in [1.165, 1.54) is 32.1 Å². The smallest absolute Gasteiger partial charge is 0.253 e. The number of amides is 1. The molecule has 1 aliphatic carbocycles. The number of likely N-dealkylation sites (tertiary alicyclic amines) is 1. The third kappa shape index (κ3) is 6.32. The van der Waals surface area contributed by atoms with Crippen molar-refractivity contribution in [2.24, 2.45) is 5.92 Å². The van der Waals surface area contributed by atoms with Gasteiger partial charge in [-0.25, -0.2) is 0 Å². The van der Waals surface area contributed by atoms with Gasteiger partial charge in [0.15, 0.2) is 0 Å². The SMILES string of the molecule is COCN1CC(CC2CCCCC2)OC2(CCN(C(=O)c3ccc(OC(C)C)c(C)c3)CC2)C1. The minimum Gasteiger partial charge on any atom is -0.491 e. The van der Waals surface area contributed by atoms with Crippen molar-refractivity contribution >= 4 is 5.91 Å². The second-order valence-corrected chi connectivity index (χ2v) is 11.0. The number of piperidine rings is 1. The van der Waals surface area contributed by atoms with Crippen molar-refractivity contribution in [2.45, 2.75) is 89.9 Å². The van der Waals surface area contributed by atoms with Crippen molar-refractivity contribution in [3.05, 3.63) is 29.3 Å². The molecule has 0 radical (unpaired) electrons. The number of morpholine rings is 1. The summed E-state index contributed by atoms with van der Waals surface area (Å²) in [5.74, 6) is 1.75. The molecule has 3 aliphatic rings. The number of nitrogens with zero attached hydrogens (tertiary/aromatic N) is 2. The van der Waals surface area contributed by atoms with Crippen LogP contribution in [0.1, 0.15) is 81.1 Å². The molecule has 0 aromatic heterocycles. The Labute approximate surface area is 205 Å². The molecule has 6 nitrogen and oxygen atoms in total. The van der Waals surface area contributed by atoms with Crippen molar-refractivity contribution in [3.8, 4) is 5.75 Å². The molecule has 2 heterocycles. The molecule has 1 atom stereocenters. The van der Waals surface area contributed by atoms with E-state index in [0.717, 1.165) is 68.2 Å². The van der Waals surface area contributed by atoms with Crippen molar-refractivity contribution in [1.29, 1.82) is 0 Å². The molecule has 1 saturated carbocycles. The van der Waals surface area contributed by atoms with Gasteiger partial charge in [0.1, 0.15) is 5.75 Å². The van der Waals surface area contributed by atoms with Crippen molar-refractivity contribution in [1.82, 2.24) is 9.80 Å². The van der Waals surface area contributed by atoms with Gasteiger partial charge in [0.2, 0.25) is 0 Å². The first-order valence-corrected chi connectivity index (χ1v) is 13.3. The summed E-state index contributed by atoms with van der Waals surface area (Å²) >= 11 is 0. The van der Waals surface area contributed by atoms with Crippen LogP contribution >= 0.6 is 0 Å². The Morgan fingerprint density at radius 1 is 1.18 bits per heavy atom. The van der Waals surface area contributed by atoms with E-state index in [1.807, 2.05) is 43.9 Å². The lowest BCUT2D eigenvalue weighted by Gasteiger charge is -2.50. The highest BCUT2D eigenvalue weighted by Gasteiger charge is 2.44. The molecule has 4 rings (SSSR count). The van der Waals surface area contributed by atoms with Crippen LogP contribution < -0.4 is 4.74 Å². The number of carbonyl (C=O) groups is 1. The fourth-order valence-corrected chi connectivity index (χ4v) is 6.13. The lowest BCUT2D eigenvalue weighted by atomic mass is 9.83. The highest BCUT2D eigenvalue weighted by atomic mass is 16.5. The molecule has 1 spiro atoms. The Hall–Kier alpha value is -1.63. The van der Waals surface area contributed by atoms with Crippen LogP contribution in [0.3, 0.4) is 0 Å². The van der Waals surface area contributed by atoms with Crippen LogP contribution in [0, 0.1) is 12.8 Å². The largest absolute Gasteiger partial charge is 0.491 e. The highest BCUT2D eigenvalue weighted by Crippen LogP contribution is 2.37. The van der Waals surface area contributed by atoms with E-state index in [-0.39, 0.29) is 23.7 Å². The van der Waals surface area contributed by atoms with E-state index in [1.54, 1.807) is 7.11 Å². The number of aryl methyl sites for hydroxylation is 1. The molecule has 0 bridgehead atoms. The van der Waals surface area contributed by atoms with E-state index in [0.29, 0.717) is 6.73 Å². The summed E-state index contributed by atoms with van der Waals surface area (Å²) < 4.78 is 18.2. The third-order valence-corrected chi connectivity index (χ3v) is 7.77. The van der Waals surface area contributed by atoms with Gasteiger partial charge < -0.3 is 19.1 Å². The molecular formula is C28H44N2O4. The first-order chi connectivity index (χ1) is 16.4. The minimum absolute atomic E-state index is 0.109. The zero-order chi connectivity index (χ0) is 24.1. The maximum atomic E-state index is 13.3. The zero-order valence-corrected chi connectivity index (χ0v) is 21.7. The van der Waals surface area contributed by atoms with E-state index < -0.39 is 0 Å². The van der Waals surface area contributed by atoms with Gasteiger partial charge in [-0.1, -0.05) is 32.1 Å². The average molecular weight is 473 g/mol. The molecule has 1 unspecified atom stereocenters. The van der Waals surface area contributed by atoms with Gasteiger partial charge in [0.25, 0.3) is 5.91 Å². The molecule has 1 amide bonds. The standard InChI is InChI=1S/C28H44N2O4/c1-21(2)33-26-11-10-24(16-22(26)3)27(31)30-14-12-28(13-15-30)19-29(20-32-4)18-25(34-28)17-23-8-6-5-7-9-23/h10-11,16,21,23,25H,5-9,12-15,17-20H2,1-4H3. The van der Waals surface area contributed by atoms with E-state index in [9.17, 15) is 4.79 Å². The lowest BCUT2D eigenvalue weighted by Crippen LogP contribution is -2.60. The molecule has 34 heavy (non-hydrogen) atoms. The Kier molecular flexibility index (Phi) is 8.54. The molecular weight excluding hydrogens is 428 g/mol. The summed E-state index contributed by atoms with van der Waals surface area (Å²) in [5.41, 5.74) is 1.58. The van der Waals surface area contributed by atoms with Gasteiger partial charge in [-0.05, 0) is 69.7 Å². The summed E-state index contributed by atoms with van der Waals surface area (Å²) in [4.78, 5) is 17.7. The van der Waals surface area contributed by atoms with E-state index >= 15 is 0 Å². The maximum Gasteiger partial charge on any atom is 0.253 e. The van der Waals surface area contributed by atoms with Gasteiger partial charge in [0, 0.05) is 38.9 Å². The Bertz CT molecular complexity index is 813. The molecule has 1 aromatic rings.